The van der Waals surface area contributed by atoms with Crippen LogP contribution in [-0.2, 0) is 9.53 Å². The Morgan fingerprint density at radius 2 is 2.21 bits per heavy atom. The average Bonchev–Trinajstić information content (AvgIpc) is 2.48. The third-order valence-corrected chi connectivity index (χ3v) is 3.96. The van der Waals surface area contributed by atoms with Crippen molar-refractivity contribution in [1.82, 2.24) is 0 Å². The molecule has 0 radical (unpaired) electrons. The summed E-state index contributed by atoms with van der Waals surface area (Å²) in [4.78, 5) is 15.0. The van der Waals surface area contributed by atoms with Crippen LogP contribution >= 0.6 is 11.9 Å². The normalized spacial score (nSPS) is 16.4. The number of piperidine rings is 1. The Labute approximate surface area is 118 Å². The number of nitrogens with zero attached hydrogens (tertiary/aromatic N) is 1. The molecule has 1 aliphatic heterocycles. The summed E-state index contributed by atoms with van der Waals surface area (Å²) in [6.07, 6.45) is 1.72. The molecule has 0 unspecified atom stereocenters. The number of nitrogens with two attached hydrogens (primary N) is 1. The molecular weight excluding hydrogens is 260 g/mol. The summed E-state index contributed by atoms with van der Waals surface area (Å²) in [6.45, 7) is 4.10. The van der Waals surface area contributed by atoms with E-state index < -0.39 is 0 Å². The van der Waals surface area contributed by atoms with Crippen molar-refractivity contribution in [2.75, 3.05) is 24.6 Å². The minimum Gasteiger partial charge on any atom is -0.466 e. The van der Waals surface area contributed by atoms with Crippen LogP contribution in [0.25, 0.3) is 0 Å². The zero-order valence-corrected chi connectivity index (χ0v) is 12.0. The molecular formula is C14H20N2O2S. The van der Waals surface area contributed by atoms with Crippen molar-refractivity contribution in [2.24, 2.45) is 11.1 Å². The van der Waals surface area contributed by atoms with Gasteiger partial charge in [0.05, 0.1) is 12.5 Å². The Morgan fingerprint density at radius 1 is 1.47 bits per heavy atom. The van der Waals surface area contributed by atoms with Gasteiger partial charge in [-0.2, -0.15) is 0 Å². The molecule has 1 aliphatic rings. The molecule has 1 saturated heterocycles. The van der Waals surface area contributed by atoms with E-state index in [1.165, 1.54) is 17.6 Å². The molecule has 4 nitrogen and oxygen atoms in total. The first-order valence-corrected chi connectivity index (χ1v) is 7.51. The second-order valence-electron chi connectivity index (χ2n) is 4.63. The quantitative estimate of drug-likeness (QED) is 0.678. The van der Waals surface area contributed by atoms with Crippen LogP contribution in [0.15, 0.2) is 29.2 Å². The molecule has 0 amide bonds. The molecule has 1 aromatic rings. The van der Waals surface area contributed by atoms with Gasteiger partial charge in [-0.05, 0) is 49.9 Å². The molecule has 1 aromatic carbocycles. The van der Waals surface area contributed by atoms with Crippen molar-refractivity contribution in [1.29, 1.82) is 0 Å². The van der Waals surface area contributed by atoms with Crippen molar-refractivity contribution < 1.29 is 9.53 Å². The number of rotatable bonds is 4. The lowest BCUT2D eigenvalue weighted by Gasteiger charge is -2.32. The van der Waals surface area contributed by atoms with Crippen LogP contribution < -0.4 is 10.0 Å². The highest BCUT2D eigenvalue weighted by Gasteiger charge is 2.26. The van der Waals surface area contributed by atoms with Crippen LogP contribution in [0, 0.1) is 5.92 Å². The molecule has 1 heterocycles. The van der Waals surface area contributed by atoms with Crippen LogP contribution in [0.2, 0.25) is 0 Å². The van der Waals surface area contributed by atoms with Gasteiger partial charge in [0.1, 0.15) is 0 Å². The van der Waals surface area contributed by atoms with Crippen molar-refractivity contribution in [3.05, 3.63) is 24.3 Å². The van der Waals surface area contributed by atoms with E-state index in [9.17, 15) is 4.79 Å². The number of carbonyl (C=O) groups is 1. The molecule has 0 aromatic heterocycles. The molecule has 0 bridgehead atoms. The SMILES string of the molecule is CCOC(=O)C1CCN(c2cccc(SN)c2)CC1. The van der Waals surface area contributed by atoms with E-state index in [0.717, 1.165) is 30.8 Å². The average molecular weight is 280 g/mol. The standard InChI is InChI=1S/C14H20N2O2S/c1-2-18-14(17)11-6-8-16(9-7-11)12-4-3-5-13(10-12)19-15/h3-5,10-11H,2,6-9,15H2,1H3. The van der Waals surface area contributed by atoms with Crippen molar-refractivity contribution in [3.63, 3.8) is 0 Å². The highest BCUT2D eigenvalue weighted by Crippen LogP contribution is 2.26. The second kappa shape index (κ2) is 6.82. The van der Waals surface area contributed by atoms with Gasteiger partial charge in [-0.25, -0.2) is 0 Å². The van der Waals surface area contributed by atoms with Crippen LogP contribution in [0.3, 0.4) is 0 Å². The molecule has 5 heteroatoms. The zero-order valence-electron chi connectivity index (χ0n) is 11.2. The fourth-order valence-electron chi connectivity index (χ4n) is 2.39. The third-order valence-electron chi connectivity index (χ3n) is 3.43. The summed E-state index contributed by atoms with van der Waals surface area (Å²) in [6, 6.07) is 8.20. The van der Waals surface area contributed by atoms with Gasteiger partial charge < -0.3 is 9.64 Å². The van der Waals surface area contributed by atoms with Gasteiger partial charge in [0.25, 0.3) is 0 Å². The van der Waals surface area contributed by atoms with Crippen LogP contribution in [-0.4, -0.2) is 25.7 Å². The topological polar surface area (TPSA) is 55.6 Å². The Bertz CT molecular complexity index is 431. The first kappa shape index (κ1) is 14.2. The Kier molecular flexibility index (Phi) is 5.10. The van der Waals surface area contributed by atoms with E-state index in [4.69, 9.17) is 9.88 Å². The first-order chi connectivity index (χ1) is 9.24. The molecule has 104 valence electrons. The summed E-state index contributed by atoms with van der Waals surface area (Å²) in [5.74, 6) is 0.0108. The first-order valence-electron chi connectivity index (χ1n) is 6.63. The second-order valence-corrected chi connectivity index (χ2v) is 5.34. The molecule has 19 heavy (non-hydrogen) atoms. The monoisotopic (exact) mass is 280 g/mol. The molecule has 2 N–H and O–H groups in total. The van der Waals surface area contributed by atoms with E-state index in [2.05, 4.69) is 17.0 Å². The lowest BCUT2D eigenvalue weighted by Crippen LogP contribution is -2.36. The smallest absolute Gasteiger partial charge is 0.309 e. The van der Waals surface area contributed by atoms with Gasteiger partial charge >= 0.3 is 5.97 Å². The maximum atomic E-state index is 11.7. The van der Waals surface area contributed by atoms with E-state index in [0.29, 0.717) is 6.61 Å². The highest BCUT2D eigenvalue weighted by molar-refractivity contribution is 7.97. The minimum atomic E-state index is -0.0478. The predicted molar refractivity (Wildman–Crippen MR) is 78.1 cm³/mol. The van der Waals surface area contributed by atoms with Crippen molar-refractivity contribution in [2.45, 2.75) is 24.7 Å². The highest BCUT2D eigenvalue weighted by atomic mass is 32.2. The summed E-state index contributed by atoms with van der Waals surface area (Å²) in [7, 11) is 0. The van der Waals surface area contributed by atoms with E-state index in [-0.39, 0.29) is 11.9 Å². The number of hydrogen-bond acceptors (Lipinski definition) is 5. The number of carbonyl (C=O) groups excluding carboxylic acids is 1. The molecule has 0 aliphatic carbocycles. The van der Waals surface area contributed by atoms with Gasteiger partial charge in [0, 0.05) is 23.7 Å². The van der Waals surface area contributed by atoms with Gasteiger partial charge in [-0.15, -0.1) is 0 Å². The maximum absolute atomic E-state index is 11.7. The van der Waals surface area contributed by atoms with Crippen LogP contribution in [0.4, 0.5) is 5.69 Å². The number of ether oxygens (including phenoxy) is 1. The fourth-order valence-corrected chi connectivity index (χ4v) is 2.73. The Hall–Kier alpha value is -1.20. The largest absolute Gasteiger partial charge is 0.466 e. The summed E-state index contributed by atoms with van der Waals surface area (Å²) in [5, 5.41) is 5.58. The lowest BCUT2D eigenvalue weighted by atomic mass is 9.96. The summed E-state index contributed by atoms with van der Waals surface area (Å²) in [5.41, 5.74) is 1.18. The lowest BCUT2D eigenvalue weighted by molar-refractivity contribution is -0.148. The summed E-state index contributed by atoms with van der Waals surface area (Å²) >= 11 is 1.26. The van der Waals surface area contributed by atoms with Gasteiger partial charge in [-0.3, -0.25) is 9.93 Å². The van der Waals surface area contributed by atoms with E-state index >= 15 is 0 Å². The Morgan fingerprint density at radius 3 is 2.84 bits per heavy atom. The van der Waals surface area contributed by atoms with Crippen LogP contribution in [0.1, 0.15) is 19.8 Å². The van der Waals surface area contributed by atoms with Crippen molar-refractivity contribution in [3.8, 4) is 0 Å². The number of esters is 1. The molecule has 1 fully saturated rings. The Balaban J connectivity index is 1.94. The van der Waals surface area contributed by atoms with E-state index in [1.54, 1.807) is 0 Å². The predicted octanol–water partition coefficient (Wildman–Crippen LogP) is 2.43. The molecule has 0 atom stereocenters. The number of benzene rings is 1. The van der Waals surface area contributed by atoms with Gasteiger partial charge in [0.15, 0.2) is 0 Å². The van der Waals surface area contributed by atoms with Crippen molar-refractivity contribution >= 4 is 23.6 Å². The fraction of sp³-hybridized carbons (Fsp3) is 0.500. The minimum absolute atomic E-state index is 0.0478. The van der Waals surface area contributed by atoms with E-state index in [1.807, 2.05) is 19.1 Å². The van der Waals surface area contributed by atoms with Gasteiger partial charge in [0.2, 0.25) is 0 Å². The molecule has 0 spiro atoms. The number of anilines is 1. The third kappa shape index (κ3) is 3.64. The molecule has 0 saturated carbocycles. The summed E-state index contributed by atoms with van der Waals surface area (Å²) < 4.78 is 5.08. The number of hydrogen-bond donors (Lipinski definition) is 1. The molecule has 2 rings (SSSR count). The van der Waals surface area contributed by atoms with Gasteiger partial charge in [-0.1, -0.05) is 6.07 Å². The zero-order chi connectivity index (χ0) is 13.7. The van der Waals surface area contributed by atoms with Crippen LogP contribution in [0.5, 0.6) is 0 Å². The maximum Gasteiger partial charge on any atom is 0.309 e.